The minimum atomic E-state index is -0.00183. The molecule has 0 bridgehead atoms. The number of amides is 1. The van der Waals surface area contributed by atoms with Crippen LogP contribution in [0.3, 0.4) is 0 Å². The highest BCUT2D eigenvalue weighted by Crippen LogP contribution is 2.23. The van der Waals surface area contributed by atoms with Gasteiger partial charge in [0, 0.05) is 64.8 Å². The zero-order valence-electron chi connectivity index (χ0n) is 17.4. The first-order chi connectivity index (χ1) is 13.4. The number of nitrogens with one attached hydrogen (secondary N) is 1. The predicted octanol–water partition coefficient (Wildman–Crippen LogP) is 2.85. The van der Waals surface area contributed by atoms with Gasteiger partial charge in [-0.2, -0.15) is 0 Å². The minimum absolute atomic E-state index is 0.00183. The van der Waals surface area contributed by atoms with Gasteiger partial charge in [-0.1, -0.05) is 19.9 Å². The predicted molar refractivity (Wildman–Crippen MR) is 113 cm³/mol. The molecule has 1 aliphatic heterocycles. The van der Waals surface area contributed by atoms with E-state index in [2.05, 4.69) is 41.2 Å². The van der Waals surface area contributed by atoms with Gasteiger partial charge in [-0.3, -0.25) is 14.7 Å². The second kappa shape index (κ2) is 9.15. The molecule has 2 aromatic heterocycles. The first-order valence-corrected chi connectivity index (χ1v) is 10.0. The van der Waals surface area contributed by atoms with Crippen LogP contribution in [0.2, 0.25) is 0 Å². The summed E-state index contributed by atoms with van der Waals surface area (Å²) in [6.07, 6.45) is 5.53. The number of carbonyl (C=O) groups excluding carboxylic acids is 1. The second-order valence-electron chi connectivity index (χ2n) is 8.10. The van der Waals surface area contributed by atoms with E-state index in [-0.39, 0.29) is 5.91 Å². The lowest BCUT2D eigenvalue weighted by Crippen LogP contribution is -2.26. The molecule has 0 unspecified atom stereocenters. The average Bonchev–Trinajstić information content (AvgIpc) is 2.87. The molecule has 2 aromatic rings. The number of fused-ring (bicyclic) bond motifs is 1. The molecule has 0 aliphatic carbocycles. The van der Waals surface area contributed by atoms with Gasteiger partial charge in [0.15, 0.2) is 0 Å². The molecule has 1 N–H and O–H groups in total. The van der Waals surface area contributed by atoms with Crippen LogP contribution in [0.5, 0.6) is 0 Å². The lowest BCUT2D eigenvalue weighted by molar-refractivity contribution is 0.0828. The summed E-state index contributed by atoms with van der Waals surface area (Å²) in [5.41, 5.74) is 4.19. The number of hydrogen-bond acceptors (Lipinski definition) is 5. The monoisotopic (exact) mass is 381 g/mol. The van der Waals surface area contributed by atoms with Crippen molar-refractivity contribution in [1.82, 2.24) is 19.8 Å². The van der Waals surface area contributed by atoms with E-state index in [4.69, 9.17) is 4.98 Å². The summed E-state index contributed by atoms with van der Waals surface area (Å²) in [6.45, 7) is 7.91. The molecule has 0 aromatic carbocycles. The zero-order chi connectivity index (χ0) is 20.1. The molecule has 1 amide bonds. The van der Waals surface area contributed by atoms with E-state index in [1.54, 1.807) is 25.2 Å². The van der Waals surface area contributed by atoms with Gasteiger partial charge in [-0.25, -0.2) is 4.98 Å². The average molecular weight is 382 g/mol. The van der Waals surface area contributed by atoms with Gasteiger partial charge < -0.3 is 10.2 Å². The molecule has 3 rings (SSSR count). The normalized spacial score (nSPS) is 14.5. The summed E-state index contributed by atoms with van der Waals surface area (Å²) in [4.78, 5) is 25.9. The summed E-state index contributed by atoms with van der Waals surface area (Å²) >= 11 is 0. The fourth-order valence-corrected chi connectivity index (χ4v) is 3.43. The SMILES string of the molecule is CC(C)CNc1nc2c(cc1C(=O)N(C)C)CCN(Cc1cccnc1)CC2. The van der Waals surface area contributed by atoms with Crippen LogP contribution in [0, 0.1) is 5.92 Å². The fourth-order valence-electron chi connectivity index (χ4n) is 3.43. The number of rotatable bonds is 6. The van der Waals surface area contributed by atoms with E-state index in [1.807, 2.05) is 12.3 Å². The molecule has 0 saturated carbocycles. The lowest BCUT2D eigenvalue weighted by atomic mass is 10.0. The number of nitrogens with zero attached hydrogens (tertiary/aromatic N) is 4. The maximum Gasteiger partial charge on any atom is 0.257 e. The van der Waals surface area contributed by atoms with E-state index in [1.165, 1.54) is 11.1 Å². The molecule has 0 radical (unpaired) electrons. The summed E-state index contributed by atoms with van der Waals surface area (Å²) in [6, 6.07) is 6.15. The fraction of sp³-hybridized carbons (Fsp3) is 0.500. The molecule has 0 spiro atoms. The van der Waals surface area contributed by atoms with Crippen LogP contribution >= 0.6 is 0 Å². The number of aromatic nitrogens is 2. The highest BCUT2D eigenvalue weighted by molar-refractivity contribution is 5.98. The first kappa shape index (κ1) is 20.3. The van der Waals surface area contributed by atoms with Crippen LogP contribution in [0.15, 0.2) is 30.6 Å². The standard InChI is InChI=1S/C22H31N5O/c1-16(2)13-24-21-19(22(28)26(3)4)12-18-7-10-27(11-8-20(18)25-21)15-17-6-5-9-23-14-17/h5-6,9,12,14,16H,7-8,10-11,13,15H2,1-4H3,(H,24,25). The van der Waals surface area contributed by atoms with Gasteiger partial charge in [0.05, 0.1) is 5.56 Å². The molecular weight excluding hydrogens is 350 g/mol. The highest BCUT2D eigenvalue weighted by atomic mass is 16.2. The van der Waals surface area contributed by atoms with Gasteiger partial charge in [0.2, 0.25) is 0 Å². The minimum Gasteiger partial charge on any atom is -0.369 e. The smallest absolute Gasteiger partial charge is 0.257 e. The Hall–Kier alpha value is -2.47. The number of carbonyl (C=O) groups is 1. The molecule has 6 nitrogen and oxygen atoms in total. The summed E-state index contributed by atoms with van der Waals surface area (Å²) in [5, 5.41) is 3.39. The van der Waals surface area contributed by atoms with Crippen molar-refractivity contribution >= 4 is 11.7 Å². The van der Waals surface area contributed by atoms with Crippen molar-refractivity contribution in [2.24, 2.45) is 5.92 Å². The molecule has 1 aliphatic rings. The molecule has 6 heteroatoms. The van der Waals surface area contributed by atoms with Crippen LogP contribution in [-0.2, 0) is 19.4 Å². The van der Waals surface area contributed by atoms with Crippen molar-refractivity contribution < 1.29 is 4.79 Å². The highest BCUT2D eigenvalue weighted by Gasteiger charge is 2.22. The van der Waals surface area contributed by atoms with E-state index < -0.39 is 0 Å². The third-order valence-electron chi connectivity index (χ3n) is 5.00. The molecule has 150 valence electrons. The van der Waals surface area contributed by atoms with E-state index >= 15 is 0 Å². The Morgan fingerprint density at radius 3 is 2.75 bits per heavy atom. The zero-order valence-corrected chi connectivity index (χ0v) is 17.4. The van der Waals surface area contributed by atoms with Crippen LogP contribution in [-0.4, -0.2) is 59.4 Å². The van der Waals surface area contributed by atoms with Crippen molar-refractivity contribution in [1.29, 1.82) is 0 Å². The summed E-state index contributed by atoms with van der Waals surface area (Å²) in [5.74, 6) is 1.20. The lowest BCUT2D eigenvalue weighted by Gasteiger charge is -2.19. The topological polar surface area (TPSA) is 61.4 Å². The Labute approximate surface area is 168 Å². The molecule has 28 heavy (non-hydrogen) atoms. The number of pyridine rings is 2. The number of hydrogen-bond donors (Lipinski definition) is 1. The van der Waals surface area contributed by atoms with Gasteiger partial charge in [-0.15, -0.1) is 0 Å². The Morgan fingerprint density at radius 1 is 1.29 bits per heavy atom. The van der Waals surface area contributed by atoms with Gasteiger partial charge in [0.1, 0.15) is 5.82 Å². The maximum absolute atomic E-state index is 12.7. The van der Waals surface area contributed by atoms with Crippen molar-refractivity contribution in [2.45, 2.75) is 33.2 Å². The van der Waals surface area contributed by atoms with Crippen molar-refractivity contribution in [3.05, 3.63) is 53.0 Å². The molecular formula is C22H31N5O. The Morgan fingerprint density at radius 2 is 2.07 bits per heavy atom. The third kappa shape index (κ3) is 5.07. The van der Waals surface area contributed by atoms with Crippen molar-refractivity contribution in [3.63, 3.8) is 0 Å². The van der Waals surface area contributed by atoms with Gasteiger partial charge in [-0.05, 0) is 35.6 Å². The van der Waals surface area contributed by atoms with Crippen molar-refractivity contribution in [3.8, 4) is 0 Å². The molecule has 0 saturated heterocycles. The number of anilines is 1. The largest absolute Gasteiger partial charge is 0.369 e. The summed E-state index contributed by atoms with van der Waals surface area (Å²) in [7, 11) is 3.58. The molecule has 3 heterocycles. The van der Waals surface area contributed by atoms with Crippen LogP contribution in [0.4, 0.5) is 5.82 Å². The van der Waals surface area contributed by atoms with Crippen LogP contribution in [0.1, 0.15) is 41.0 Å². The molecule has 0 fully saturated rings. The van der Waals surface area contributed by atoms with E-state index in [0.29, 0.717) is 17.3 Å². The third-order valence-corrected chi connectivity index (χ3v) is 5.00. The first-order valence-electron chi connectivity index (χ1n) is 10.0. The second-order valence-corrected chi connectivity index (χ2v) is 8.10. The van der Waals surface area contributed by atoms with Crippen LogP contribution in [0.25, 0.3) is 0 Å². The Balaban J connectivity index is 1.81. The van der Waals surface area contributed by atoms with Gasteiger partial charge >= 0.3 is 0 Å². The van der Waals surface area contributed by atoms with E-state index in [0.717, 1.165) is 44.7 Å². The maximum atomic E-state index is 12.7. The van der Waals surface area contributed by atoms with Crippen LogP contribution < -0.4 is 5.32 Å². The molecule has 0 atom stereocenters. The summed E-state index contributed by atoms with van der Waals surface area (Å²) < 4.78 is 0. The van der Waals surface area contributed by atoms with E-state index in [9.17, 15) is 4.79 Å². The quantitative estimate of drug-likeness (QED) is 0.834. The Bertz CT molecular complexity index is 804. The van der Waals surface area contributed by atoms with Crippen molar-refractivity contribution in [2.75, 3.05) is 39.0 Å². The van der Waals surface area contributed by atoms with Gasteiger partial charge in [0.25, 0.3) is 5.91 Å². The Kier molecular flexibility index (Phi) is 6.62.